The fourth-order valence-electron chi connectivity index (χ4n) is 1.48. The van der Waals surface area contributed by atoms with Gasteiger partial charge < -0.3 is 4.74 Å². The Labute approximate surface area is 103 Å². The van der Waals surface area contributed by atoms with Gasteiger partial charge in [-0.05, 0) is 30.3 Å². The number of methoxy groups -OCH3 is 1. The number of nitrogens with one attached hydrogen (secondary N) is 1. The maximum Gasteiger partial charge on any atom is 0.182 e. The molecule has 2 rings (SSSR count). The molecule has 0 bridgehead atoms. The molecular weight excluding hydrogens is 235 g/mol. The molecule has 0 radical (unpaired) electrons. The number of ether oxygens (including phenoxy) is 1. The molecule has 0 fully saturated rings. The van der Waals surface area contributed by atoms with E-state index in [0.29, 0.717) is 22.8 Å². The van der Waals surface area contributed by atoms with Crippen molar-refractivity contribution in [2.24, 2.45) is 0 Å². The number of hydrogen-bond donors (Lipinski definition) is 1. The Balaban J connectivity index is 2.42. The second-order valence-corrected chi connectivity index (χ2v) is 3.39. The van der Waals surface area contributed by atoms with Gasteiger partial charge >= 0.3 is 0 Å². The van der Waals surface area contributed by atoms with Crippen molar-refractivity contribution in [2.45, 2.75) is 0 Å². The fourth-order valence-corrected chi connectivity index (χ4v) is 1.48. The van der Waals surface area contributed by atoms with Crippen molar-refractivity contribution in [1.29, 1.82) is 5.26 Å². The molecule has 1 heterocycles. The normalized spacial score (nSPS) is 9.61. The Morgan fingerprint density at radius 3 is 2.72 bits per heavy atom. The molecule has 18 heavy (non-hydrogen) atoms. The van der Waals surface area contributed by atoms with Crippen LogP contribution in [0.1, 0.15) is 0 Å². The molecular formula is C12H9FN4O. The number of rotatable bonds is 3. The molecule has 0 amide bonds. The van der Waals surface area contributed by atoms with E-state index >= 15 is 0 Å². The molecule has 0 aliphatic carbocycles. The van der Waals surface area contributed by atoms with E-state index in [1.54, 1.807) is 18.3 Å². The Morgan fingerprint density at radius 1 is 1.28 bits per heavy atom. The molecule has 1 N–H and O–H groups in total. The van der Waals surface area contributed by atoms with Crippen molar-refractivity contribution in [3.8, 4) is 23.2 Å². The zero-order valence-electron chi connectivity index (χ0n) is 9.51. The molecule has 1 aromatic heterocycles. The number of nitriles is 1. The fraction of sp³-hybridized carbons (Fsp3) is 0.0833. The lowest BCUT2D eigenvalue weighted by molar-refractivity contribution is 0.415. The van der Waals surface area contributed by atoms with E-state index < -0.39 is 0 Å². The quantitative estimate of drug-likeness (QED) is 0.662. The number of aromatic nitrogens is 2. The molecule has 0 saturated carbocycles. The van der Waals surface area contributed by atoms with Crippen LogP contribution >= 0.6 is 0 Å². The van der Waals surface area contributed by atoms with Crippen LogP contribution in [0.25, 0.3) is 11.3 Å². The molecule has 0 atom stereocenters. The van der Waals surface area contributed by atoms with Crippen molar-refractivity contribution < 1.29 is 9.13 Å². The number of halogens is 1. The highest BCUT2D eigenvalue weighted by Gasteiger charge is 2.09. The van der Waals surface area contributed by atoms with Gasteiger partial charge in [0.15, 0.2) is 12.0 Å². The van der Waals surface area contributed by atoms with Crippen LogP contribution in [0.15, 0.2) is 30.3 Å². The van der Waals surface area contributed by atoms with Crippen molar-refractivity contribution in [1.82, 2.24) is 10.2 Å². The number of nitrogens with zero attached hydrogens (tertiary/aromatic N) is 3. The molecule has 0 aliphatic heterocycles. The van der Waals surface area contributed by atoms with Crippen LogP contribution < -0.4 is 10.1 Å². The van der Waals surface area contributed by atoms with Crippen LogP contribution in [0, 0.1) is 17.3 Å². The van der Waals surface area contributed by atoms with E-state index in [9.17, 15) is 4.39 Å². The Bertz CT molecular complexity index is 592. The Kier molecular flexibility index (Phi) is 3.34. The first-order valence-corrected chi connectivity index (χ1v) is 5.07. The van der Waals surface area contributed by atoms with Crippen LogP contribution in [-0.4, -0.2) is 17.3 Å². The van der Waals surface area contributed by atoms with Gasteiger partial charge in [-0.25, -0.2) is 4.39 Å². The first kappa shape index (κ1) is 11.8. The number of anilines is 1. The van der Waals surface area contributed by atoms with E-state index in [1.807, 2.05) is 0 Å². The highest BCUT2D eigenvalue weighted by molar-refractivity contribution is 5.67. The van der Waals surface area contributed by atoms with Crippen molar-refractivity contribution in [3.05, 3.63) is 36.1 Å². The lowest BCUT2D eigenvalue weighted by Crippen LogP contribution is -1.96. The number of hydrogen-bond acceptors (Lipinski definition) is 5. The molecule has 2 aromatic rings. The molecule has 0 spiro atoms. The van der Waals surface area contributed by atoms with Gasteiger partial charge in [0.2, 0.25) is 0 Å². The topological polar surface area (TPSA) is 70.8 Å². The molecule has 6 heteroatoms. The largest absolute Gasteiger partial charge is 0.496 e. The van der Waals surface area contributed by atoms with Crippen molar-refractivity contribution >= 4 is 5.82 Å². The summed E-state index contributed by atoms with van der Waals surface area (Å²) >= 11 is 0. The first-order chi connectivity index (χ1) is 8.74. The molecule has 5 nitrogen and oxygen atoms in total. The molecule has 0 saturated heterocycles. The van der Waals surface area contributed by atoms with E-state index in [1.165, 1.54) is 25.3 Å². The monoisotopic (exact) mass is 244 g/mol. The maximum atomic E-state index is 13.2. The van der Waals surface area contributed by atoms with Gasteiger partial charge in [-0.2, -0.15) is 5.26 Å². The number of benzene rings is 1. The van der Waals surface area contributed by atoms with E-state index in [4.69, 9.17) is 10.00 Å². The predicted molar refractivity (Wildman–Crippen MR) is 63.2 cm³/mol. The van der Waals surface area contributed by atoms with E-state index in [-0.39, 0.29) is 5.82 Å². The standard InChI is InChI=1S/C12H9FN4O/c1-18-11-4-2-8(13)6-9(11)10-3-5-12(15-7-14)17-16-10/h2-6H,1H3,(H,15,17). The minimum absolute atomic E-state index is 0.330. The van der Waals surface area contributed by atoms with Gasteiger partial charge in [0, 0.05) is 5.56 Å². The lowest BCUT2D eigenvalue weighted by Gasteiger charge is -2.07. The average molecular weight is 244 g/mol. The summed E-state index contributed by atoms with van der Waals surface area (Å²) in [5, 5.41) is 18.5. The van der Waals surface area contributed by atoms with Gasteiger partial charge in [-0.15, -0.1) is 10.2 Å². The van der Waals surface area contributed by atoms with Gasteiger partial charge in [-0.3, -0.25) is 5.32 Å². The van der Waals surface area contributed by atoms with Gasteiger partial charge in [0.05, 0.1) is 12.8 Å². The van der Waals surface area contributed by atoms with E-state index in [0.717, 1.165) is 0 Å². The van der Waals surface area contributed by atoms with Crippen LogP contribution in [0.5, 0.6) is 5.75 Å². The summed E-state index contributed by atoms with van der Waals surface area (Å²) in [6, 6.07) is 7.36. The highest BCUT2D eigenvalue weighted by Crippen LogP contribution is 2.28. The maximum absolute atomic E-state index is 13.2. The third-order valence-corrected chi connectivity index (χ3v) is 2.29. The third-order valence-electron chi connectivity index (χ3n) is 2.29. The van der Waals surface area contributed by atoms with Crippen LogP contribution in [-0.2, 0) is 0 Å². The second-order valence-electron chi connectivity index (χ2n) is 3.39. The predicted octanol–water partition coefficient (Wildman–Crippen LogP) is 2.18. The lowest BCUT2D eigenvalue weighted by atomic mass is 10.1. The summed E-state index contributed by atoms with van der Waals surface area (Å²) in [4.78, 5) is 0. The van der Waals surface area contributed by atoms with Crippen LogP contribution in [0.3, 0.4) is 0 Å². The molecule has 1 aromatic carbocycles. The summed E-state index contributed by atoms with van der Waals surface area (Å²) in [6.07, 6.45) is 1.74. The smallest absolute Gasteiger partial charge is 0.182 e. The van der Waals surface area contributed by atoms with Gasteiger partial charge in [-0.1, -0.05) is 0 Å². The second kappa shape index (κ2) is 5.10. The first-order valence-electron chi connectivity index (χ1n) is 5.07. The molecule has 90 valence electrons. The minimum Gasteiger partial charge on any atom is -0.496 e. The van der Waals surface area contributed by atoms with Gasteiger partial charge in [0.25, 0.3) is 0 Å². The summed E-state index contributed by atoms with van der Waals surface area (Å²) in [7, 11) is 1.50. The van der Waals surface area contributed by atoms with Crippen molar-refractivity contribution in [3.63, 3.8) is 0 Å². The zero-order chi connectivity index (χ0) is 13.0. The minimum atomic E-state index is -0.383. The van der Waals surface area contributed by atoms with Crippen molar-refractivity contribution in [2.75, 3.05) is 12.4 Å². The summed E-state index contributed by atoms with van der Waals surface area (Å²) in [5.41, 5.74) is 0.975. The summed E-state index contributed by atoms with van der Waals surface area (Å²) in [6.45, 7) is 0. The van der Waals surface area contributed by atoms with Gasteiger partial charge in [0.1, 0.15) is 11.6 Å². The Hall–Kier alpha value is -2.68. The Morgan fingerprint density at radius 2 is 2.11 bits per heavy atom. The zero-order valence-corrected chi connectivity index (χ0v) is 9.51. The highest BCUT2D eigenvalue weighted by atomic mass is 19.1. The summed E-state index contributed by atoms with van der Waals surface area (Å²) < 4.78 is 18.3. The average Bonchev–Trinajstić information content (AvgIpc) is 2.40. The van der Waals surface area contributed by atoms with E-state index in [2.05, 4.69) is 15.5 Å². The SMILES string of the molecule is COc1ccc(F)cc1-c1ccc(NC#N)nn1. The van der Waals surface area contributed by atoms with Crippen LogP contribution in [0.2, 0.25) is 0 Å². The summed E-state index contributed by atoms with van der Waals surface area (Å²) in [5.74, 6) is 0.454. The third kappa shape index (κ3) is 2.35. The molecule has 0 unspecified atom stereocenters. The van der Waals surface area contributed by atoms with Crippen LogP contribution in [0.4, 0.5) is 10.2 Å². The molecule has 0 aliphatic rings.